The first-order valence-electron chi connectivity index (χ1n) is 10.1. The van der Waals surface area contributed by atoms with Crippen molar-refractivity contribution in [3.63, 3.8) is 0 Å². The third-order valence-corrected chi connectivity index (χ3v) is 5.60. The average molecular weight is 450 g/mol. The number of hydrogen-bond donors (Lipinski definition) is 0. The van der Waals surface area contributed by atoms with Crippen molar-refractivity contribution in [3.8, 4) is 11.4 Å². The second-order valence-electron chi connectivity index (χ2n) is 7.56. The summed E-state index contributed by atoms with van der Waals surface area (Å²) >= 11 is 0. The van der Waals surface area contributed by atoms with Crippen molar-refractivity contribution >= 4 is 0 Å². The van der Waals surface area contributed by atoms with Crippen molar-refractivity contribution in [2.24, 2.45) is 0 Å². The standard InChI is InChI=1S/C23H22F4N2O3/c1-30-22(6-10-31-11-7-22)17-12-18(24)14-20(13-17)32-15-16-2-4-19(5-3-16)29-9-8-28-21(29)23(25,26)27/h2-5,8-9,12-14H,6-7,10-11,15H2,1H3. The number of nitrogens with zero attached hydrogens (tertiary/aromatic N) is 2. The SMILES string of the molecule is COC1(c2cc(F)cc(OCc3ccc(-n4ccnc4C(F)(F)F)cc3)c2)CCOCC1. The molecule has 0 N–H and O–H groups in total. The van der Waals surface area contributed by atoms with E-state index in [9.17, 15) is 17.6 Å². The number of methoxy groups -OCH3 is 1. The zero-order valence-corrected chi connectivity index (χ0v) is 17.4. The molecule has 0 amide bonds. The minimum Gasteiger partial charge on any atom is -0.489 e. The molecule has 4 rings (SSSR count). The Balaban J connectivity index is 1.49. The number of ether oxygens (including phenoxy) is 3. The third kappa shape index (κ3) is 4.63. The molecule has 0 aliphatic carbocycles. The summed E-state index contributed by atoms with van der Waals surface area (Å²) in [5.41, 5.74) is 1.11. The van der Waals surface area contributed by atoms with Crippen molar-refractivity contribution in [2.75, 3.05) is 20.3 Å². The molecule has 170 valence electrons. The summed E-state index contributed by atoms with van der Waals surface area (Å²) in [5.74, 6) is -1.08. The van der Waals surface area contributed by atoms with Crippen LogP contribution in [0.4, 0.5) is 17.6 Å². The Kier molecular flexibility index (Phi) is 6.21. The van der Waals surface area contributed by atoms with Gasteiger partial charge in [-0.3, -0.25) is 4.57 Å². The van der Waals surface area contributed by atoms with Gasteiger partial charge >= 0.3 is 6.18 Å². The van der Waals surface area contributed by atoms with Gasteiger partial charge in [0.15, 0.2) is 0 Å². The van der Waals surface area contributed by atoms with Crippen LogP contribution in [0.25, 0.3) is 5.69 Å². The molecule has 9 heteroatoms. The Bertz CT molecular complexity index is 1060. The van der Waals surface area contributed by atoms with Crippen molar-refractivity contribution in [3.05, 3.63) is 77.6 Å². The van der Waals surface area contributed by atoms with E-state index in [1.54, 1.807) is 37.4 Å². The van der Waals surface area contributed by atoms with E-state index >= 15 is 0 Å². The Hall–Kier alpha value is -2.91. The normalized spacial score (nSPS) is 16.2. The molecular weight excluding hydrogens is 428 g/mol. The highest BCUT2D eigenvalue weighted by atomic mass is 19.4. The van der Waals surface area contributed by atoms with Crippen LogP contribution < -0.4 is 4.74 Å². The van der Waals surface area contributed by atoms with Crippen LogP contribution in [0.2, 0.25) is 0 Å². The van der Waals surface area contributed by atoms with Crippen LogP contribution >= 0.6 is 0 Å². The molecule has 0 radical (unpaired) electrons. The number of rotatable bonds is 6. The second kappa shape index (κ2) is 8.91. The van der Waals surface area contributed by atoms with Crippen molar-refractivity contribution < 1.29 is 31.8 Å². The molecule has 1 aliphatic heterocycles. The summed E-state index contributed by atoms with van der Waals surface area (Å²) < 4.78 is 71.3. The summed E-state index contributed by atoms with van der Waals surface area (Å²) in [6.07, 6.45) is -0.967. The first kappa shape index (κ1) is 22.3. The van der Waals surface area contributed by atoms with E-state index in [1.165, 1.54) is 18.3 Å². The molecule has 2 aromatic carbocycles. The lowest BCUT2D eigenvalue weighted by atomic mass is 9.86. The van der Waals surface area contributed by atoms with Gasteiger partial charge in [-0.1, -0.05) is 12.1 Å². The molecule has 1 saturated heterocycles. The van der Waals surface area contributed by atoms with Crippen LogP contribution in [-0.4, -0.2) is 29.9 Å². The second-order valence-corrected chi connectivity index (χ2v) is 7.56. The van der Waals surface area contributed by atoms with Gasteiger partial charge in [0.1, 0.15) is 18.2 Å². The van der Waals surface area contributed by atoms with Gasteiger partial charge in [-0.05, 0) is 35.4 Å². The Morgan fingerprint density at radius 1 is 1.09 bits per heavy atom. The molecule has 0 atom stereocenters. The van der Waals surface area contributed by atoms with Gasteiger partial charge in [0.2, 0.25) is 5.82 Å². The van der Waals surface area contributed by atoms with E-state index in [4.69, 9.17) is 14.2 Å². The van der Waals surface area contributed by atoms with Crippen molar-refractivity contribution in [1.82, 2.24) is 9.55 Å². The number of halogens is 4. The number of alkyl halides is 3. The van der Waals surface area contributed by atoms with Gasteiger partial charge in [0.25, 0.3) is 0 Å². The molecule has 2 heterocycles. The Morgan fingerprint density at radius 3 is 2.47 bits per heavy atom. The van der Waals surface area contributed by atoms with Crippen LogP contribution in [0.1, 0.15) is 29.8 Å². The largest absolute Gasteiger partial charge is 0.489 e. The maximum absolute atomic E-state index is 14.3. The predicted molar refractivity (Wildman–Crippen MR) is 108 cm³/mol. The predicted octanol–water partition coefficient (Wildman–Crippen LogP) is 5.26. The highest BCUT2D eigenvalue weighted by molar-refractivity contribution is 5.37. The molecule has 1 aliphatic rings. The highest BCUT2D eigenvalue weighted by Gasteiger charge is 2.37. The smallest absolute Gasteiger partial charge is 0.450 e. The topological polar surface area (TPSA) is 45.5 Å². The number of aromatic nitrogens is 2. The summed E-state index contributed by atoms with van der Waals surface area (Å²) in [6.45, 7) is 1.18. The average Bonchev–Trinajstić information content (AvgIpc) is 3.29. The molecule has 32 heavy (non-hydrogen) atoms. The van der Waals surface area contributed by atoms with Crippen molar-refractivity contribution in [2.45, 2.75) is 31.2 Å². The first-order chi connectivity index (χ1) is 15.3. The van der Waals surface area contributed by atoms with Crippen LogP contribution in [0, 0.1) is 5.82 Å². The molecule has 1 aromatic heterocycles. The lowest BCUT2D eigenvalue weighted by Gasteiger charge is -2.36. The molecule has 3 aromatic rings. The molecule has 0 bridgehead atoms. The van der Waals surface area contributed by atoms with E-state index in [-0.39, 0.29) is 6.61 Å². The summed E-state index contributed by atoms with van der Waals surface area (Å²) in [4.78, 5) is 3.39. The lowest BCUT2D eigenvalue weighted by molar-refractivity contribution is -0.145. The van der Waals surface area contributed by atoms with E-state index in [0.717, 1.165) is 16.3 Å². The number of hydrogen-bond acceptors (Lipinski definition) is 4. The fourth-order valence-corrected chi connectivity index (χ4v) is 3.86. The summed E-state index contributed by atoms with van der Waals surface area (Å²) in [6, 6.07) is 10.9. The monoisotopic (exact) mass is 450 g/mol. The highest BCUT2D eigenvalue weighted by Crippen LogP contribution is 2.37. The molecule has 5 nitrogen and oxygen atoms in total. The molecular formula is C23H22F4N2O3. The number of benzene rings is 2. The molecule has 0 spiro atoms. The van der Waals surface area contributed by atoms with Crippen LogP contribution in [0.5, 0.6) is 5.75 Å². The van der Waals surface area contributed by atoms with Gasteiger partial charge in [0.05, 0.1) is 5.60 Å². The zero-order chi connectivity index (χ0) is 22.8. The van der Waals surface area contributed by atoms with Gasteiger partial charge in [-0.15, -0.1) is 0 Å². The van der Waals surface area contributed by atoms with Crippen LogP contribution in [0.3, 0.4) is 0 Å². The molecule has 0 unspecified atom stereocenters. The van der Waals surface area contributed by atoms with Gasteiger partial charge in [0, 0.05) is 57.3 Å². The van der Waals surface area contributed by atoms with Gasteiger partial charge in [-0.25, -0.2) is 9.37 Å². The summed E-state index contributed by atoms with van der Waals surface area (Å²) in [7, 11) is 1.60. The third-order valence-electron chi connectivity index (χ3n) is 5.60. The molecule has 0 saturated carbocycles. The van der Waals surface area contributed by atoms with E-state index in [2.05, 4.69) is 4.98 Å². The summed E-state index contributed by atoms with van der Waals surface area (Å²) in [5, 5.41) is 0. The Labute approximate surface area is 182 Å². The maximum Gasteiger partial charge on any atom is 0.450 e. The first-order valence-corrected chi connectivity index (χ1v) is 10.1. The maximum atomic E-state index is 14.3. The Morgan fingerprint density at radius 2 is 1.81 bits per heavy atom. The molecule has 1 fully saturated rings. The van der Waals surface area contributed by atoms with E-state index in [1.807, 2.05) is 0 Å². The lowest BCUT2D eigenvalue weighted by Crippen LogP contribution is -2.35. The zero-order valence-electron chi connectivity index (χ0n) is 17.4. The minimum absolute atomic E-state index is 0.127. The van der Waals surface area contributed by atoms with Crippen molar-refractivity contribution in [1.29, 1.82) is 0 Å². The van der Waals surface area contributed by atoms with Crippen LogP contribution in [0.15, 0.2) is 54.9 Å². The fraction of sp³-hybridized carbons (Fsp3) is 0.348. The van der Waals surface area contributed by atoms with Gasteiger partial charge < -0.3 is 14.2 Å². The van der Waals surface area contributed by atoms with E-state index in [0.29, 0.717) is 43.1 Å². The van der Waals surface area contributed by atoms with E-state index < -0.39 is 23.4 Å². The minimum atomic E-state index is -4.55. The fourth-order valence-electron chi connectivity index (χ4n) is 3.86. The van der Waals surface area contributed by atoms with Crippen LogP contribution in [-0.2, 0) is 27.9 Å². The quantitative estimate of drug-likeness (QED) is 0.481. The number of imidazole rings is 1. The van der Waals surface area contributed by atoms with Gasteiger partial charge in [-0.2, -0.15) is 13.2 Å².